The molecule has 0 aromatic heterocycles. The molecule has 0 saturated carbocycles. The van der Waals surface area contributed by atoms with E-state index in [4.69, 9.17) is 0 Å². The lowest BCUT2D eigenvalue weighted by Gasteiger charge is -2.29. The van der Waals surface area contributed by atoms with E-state index < -0.39 is 15.8 Å². The van der Waals surface area contributed by atoms with Crippen molar-refractivity contribution >= 4 is 21.6 Å². The Balaban J connectivity index is 2.12. The van der Waals surface area contributed by atoms with E-state index in [1.165, 1.54) is 24.3 Å². The topological polar surface area (TPSA) is 57.7 Å². The lowest BCUT2D eigenvalue weighted by atomic mass is 10.1. The van der Waals surface area contributed by atoms with Crippen LogP contribution in [0.4, 0.5) is 10.1 Å². The summed E-state index contributed by atoms with van der Waals surface area (Å²) in [7, 11) is -3.59. The molecule has 0 unspecified atom stereocenters. The summed E-state index contributed by atoms with van der Waals surface area (Å²) in [4.78, 5) is 14.5. The summed E-state index contributed by atoms with van der Waals surface area (Å²) in [5.74, 6) is -0.582. The van der Waals surface area contributed by atoms with Crippen LogP contribution in [0.25, 0.3) is 0 Å². The van der Waals surface area contributed by atoms with E-state index in [2.05, 4.69) is 0 Å². The zero-order valence-corrected chi connectivity index (χ0v) is 16.6. The lowest BCUT2D eigenvalue weighted by Crippen LogP contribution is -2.39. The predicted octanol–water partition coefficient (Wildman–Crippen LogP) is 3.42. The summed E-state index contributed by atoms with van der Waals surface area (Å²) in [6.07, 6.45) is 1.11. The van der Waals surface area contributed by atoms with Gasteiger partial charge in [0.25, 0.3) is 0 Å². The maximum absolute atomic E-state index is 13.1. The third kappa shape index (κ3) is 6.06. The van der Waals surface area contributed by atoms with Crippen LogP contribution in [0, 0.1) is 5.82 Å². The predicted molar refractivity (Wildman–Crippen MR) is 105 cm³/mol. The van der Waals surface area contributed by atoms with Crippen molar-refractivity contribution in [2.45, 2.75) is 32.9 Å². The molecule has 0 aliphatic rings. The lowest BCUT2D eigenvalue weighted by molar-refractivity contribution is -0.133. The number of sulfonamides is 1. The second-order valence-corrected chi connectivity index (χ2v) is 8.57. The highest BCUT2D eigenvalue weighted by atomic mass is 32.2. The van der Waals surface area contributed by atoms with E-state index in [1.807, 2.05) is 44.2 Å². The maximum Gasteiger partial charge on any atom is 0.232 e. The molecule has 27 heavy (non-hydrogen) atoms. The third-order valence-electron chi connectivity index (χ3n) is 4.18. The van der Waals surface area contributed by atoms with Gasteiger partial charge < -0.3 is 4.90 Å². The van der Waals surface area contributed by atoms with Crippen LogP contribution in [0.1, 0.15) is 25.8 Å². The molecular formula is C20H25FN2O3S. The van der Waals surface area contributed by atoms with Gasteiger partial charge in [0, 0.05) is 25.6 Å². The number of nitrogens with zero attached hydrogens (tertiary/aromatic N) is 2. The van der Waals surface area contributed by atoms with Crippen LogP contribution in [0.3, 0.4) is 0 Å². The largest absolute Gasteiger partial charge is 0.336 e. The molecule has 0 atom stereocenters. The highest BCUT2D eigenvalue weighted by Crippen LogP contribution is 2.19. The van der Waals surface area contributed by atoms with Gasteiger partial charge >= 0.3 is 0 Å². The average molecular weight is 392 g/mol. The Labute approximate surface area is 160 Å². The maximum atomic E-state index is 13.1. The second kappa shape index (κ2) is 8.99. The molecule has 0 fully saturated rings. The van der Waals surface area contributed by atoms with Gasteiger partial charge in [0.05, 0.1) is 11.9 Å². The van der Waals surface area contributed by atoms with E-state index in [1.54, 1.807) is 4.90 Å². The molecule has 0 N–H and O–H groups in total. The molecule has 0 aliphatic heterocycles. The summed E-state index contributed by atoms with van der Waals surface area (Å²) in [5.41, 5.74) is 1.35. The van der Waals surface area contributed by atoms with Crippen LogP contribution in [0.15, 0.2) is 54.6 Å². The van der Waals surface area contributed by atoms with Crippen molar-refractivity contribution in [2.24, 2.45) is 0 Å². The summed E-state index contributed by atoms with van der Waals surface area (Å²) in [6, 6.07) is 14.8. The van der Waals surface area contributed by atoms with Gasteiger partial charge in [0.15, 0.2) is 0 Å². The Kier molecular flexibility index (Phi) is 6.96. The van der Waals surface area contributed by atoms with Crippen LogP contribution in [-0.2, 0) is 21.4 Å². The highest BCUT2D eigenvalue weighted by molar-refractivity contribution is 7.92. The van der Waals surface area contributed by atoms with Gasteiger partial charge in [-0.3, -0.25) is 9.10 Å². The Hall–Kier alpha value is -2.41. The summed E-state index contributed by atoms with van der Waals surface area (Å²) in [6.45, 7) is 4.32. The van der Waals surface area contributed by atoms with E-state index >= 15 is 0 Å². The molecular weight excluding hydrogens is 367 g/mol. The Morgan fingerprint density at radius 3 is 2.15 bits per heavy atom. The summed E-state index contributed by atoms with van der Waals surface area (Å²) >= 11 is 0. The number of rotatable bonds is 8. The number of halogens is 1. The van der Waals surface area contributed by atoms with Gasteiger partial charge in [0.1, 0.15) is 5.82 Å². The average Bonchev–Trinajstić information content (AvgIpc) is 2.60. The molecule has 0 radical (unpaired) electrons. The van der Waals surface area contributed by atoms with Gasteiger partial charge in [-0.15, -0.1) is 0 Å². The van der Waals surface area contributed by atoms with Crippen molar-refractivity contribution < 1.29 is 17.6 Å². The molecule has 0 saturated heterocycles. The molecule has 0 heterocycles. The molecule has 0 bridgehead atoms. The van der Waals surface area contributed by atoms with Gasteiger partial charge in [0.2, 0.25) is 15.9 Å². The van der Waals surface area contributed by atoms with Gasteiger partial charge in [-0.05, 0) is 43.7 Å². The van der Waals surface area contributed by atoms with E-state index in [0.29, 0.717) is 12.2 Å². The van der Waals surface area contributed by atoms with Gasteiger partial charge in [-0.2, -0.15) is 0 Å². The quantitative estimate of drug-likeness (QED) is 0.692. The summed E-state index contributed by atoms with van der Waals surface area (Å²) < 4.78 is 38.5. The summed E-state index contributed by atoms with van der Waals surface area (Å²) in [5, 5.41) is 0. The Morgan fingerprint density at radius 2 is 1.63 bits per heavy atom. The minimum absolute atomic E-state index is 0.00130. The molecule has 7 heteroatoms. The van der Waals surface area contributed by atoms with Crippen molar-refractivity contribution in [3.05, 3.63) is 66.0 Å². The van der Waals surface area contributed by atoms with Crippen molar-refractivity contribution in [1.82, 2.24) is 4.90 Å². The molecule has 0 aliphatic carbocycles. The fraction of sp³-hybridized carbons (Fsp3) is 0.350. The third-order valence-corrected chi connectivity index (χ3v) is 5.38. The van der Waals surface area contributed by atoms with Gasteiger partial charge in [-0.1, -0.05) is 30.3 Å². The van der Waals surface area contributed by atoms with Crippen LogP contribution >= 0.6 is 0 Å². The Bertz CT molecular complexity index is 853. The van der Waals surface area contributed by atoms with Crippen molar-refractivity contribution in [2.75, 3.05) is 17.1 Å². The monoisotopic (exact) mass is 392 g/mol. The zero-order chi connectivity index (χ0) is 20.0. The molecule has 0 spiro atoms. The normalized spacial score (nSPS) is 11.4. The second-order valence-electron chi connectivity index (χ2n) is 6.66. The fourth-order valence-electron chi connectivity index (χ4n) is 2.77. The number of hydrogen-bond donors (Lipinski definition) is 0. The first-order valence-corrected chi connectivity index (χ1v) is 10.6. The fourth-order valence-corrected chi connectivity index (χ4v) is 3.70. The smallest absolute Gasteiger partial charge is 0.232 e. The van der Waals surface area contributed by atoms with E-state index in [-0.39, 0.29) is 24.9 Å². The van der Waals surface area contributed by atoms with E-state index in [9.17, 15) is 17.6 Å². The number of anilines is 1. The number of benzene rings is 2. The molecule has 2 aromatic rings. The van der Waals surface area contributed by atoms with Crippen LogP contribution in [-0.4, -0.2) is 38.1 Å². The van der Waals surface area contributed by atoms with E-state index in [0.717, 1.165) is 16.1 Å². The zero-order valence-electron chi connectivity index (χ0n) is 15.8. The number of carbonyl (C=O) groups excluding carboxylic acids is 1. The van der Waals surface area contributed by atoms with Gasteiger partial charge in [-0.25, -0.2) is 12.8 Å². The molecule has 1 amide bonds. The highest BCUT2D eigenvalue weighted by Gasteiger charge is 2.22. The Morgan fingerprint density at radius 1 is 1.04 bits per heavy atom. The number of amides is 1. The molecule has 5 nitrogen and oxygen atoms in total. The first-order valence-electron chi connectivity index (χ1n) is 8.75. The van der Waals surface area contributed by atoms with Crippen LogP contribution < -0.4 is 4.31 Å². The standard InChI is InChI=1S/C20H25FN2O3S/c1-16(2)22(15-17-7-5-4-6-8-17)20(24)13-14-23(27(3,25)26)19-11-9-18(21)10-12-19/h4-12,16H,13-15H2,1-3H3. The minimum Gasteiger partial charge on any atom is -0.336 e. The SMILES string of the molecule is CC(C)N(Cc1ccccc1)C(=O)CCN(c1ccc(F)cc1)S(C)(=O)=O. The van der Waals surface area contributed by atoms with Crippen LogP contribution in [0.5, 0.6) is 0 Å². The van der Waals surface area contributed by atoms with Crippen molar-refractivity contribution in [1.29, 1.82) is 0 Å². The first-order chi connectivity index (χ1) is 12.7. The van der Waals surface area contributed by atoms with Crippen LogP contribution in [0.2, 0.25) is 0 Å². The molecule has 2 aromatic carbocycles. The number of carbonyl (C=O) groups is 1. The minimum atomic E-state index is -3.59. The first kappa shape index (κ1) is 20.9. The van der Waals surface area contributed by atoms with Crippen molar-refractivity contribution in [3.8, 4) is 0 Å². The van der Waals surface area contributed by atoms with Crippen molar-refractivity contribution in [3.63, 3.8) is 0 Å². The molecule has 2 rings (SSSR count). The molecule has 146 valence electrons. The number of hydrogen-bond acceptors (Lipinski definition) is 3.